The van der Waals surface area contributed by atoms with Gasteiger partial charge in [-0.15, -0.1) is 0 Å². The van der Waals surface area contributed by atoms with Crippen LogP contribution in [-0.2, 0) is 11.3 Å². The Morgan fingerprint density at radius 2 is 1.86 bits per heavy atom. The van der Waals surface area contributed by atoms with E-state index in [1.807, 2.05) is 0 Å². The molecule has 0 bridgehead atoms. The Balaban J connectivity index is 2.17. The summed E-state index contributed by atoms with van der Waals surface area (Å²) in [6.07, 6.45) is -0.545. The summed E-state index contributed by atoms with van der Waals surface area (Å²) < 4.78 is 59.3. The molecule has 0 radical (unpaired) electrons. The number of hydrogen-bond acceptors (Lipinski definition) is 1. The fourth-order valence-electron chi connectivity index (χ4n) is 1.99. The van der Waals surface area contributed by atoms with Gasteiger partial charge in [-0.2, -0.15) is 0 Å². The van der Waals surface area contributed by atoms with Gasteiger partial charge in [-0.25, -0.2) is 17.6 Å². The number of alkyl halides is 1. The molecule has 0 saturated carbocycles. The van der Waals surface area contributed by atoms with Gasteiger partial charge in [0, 0.05) is 6.08 Å². The standard InChI is InChI=1S/C16H14F4O/c1-3-10-4-6-11(7-5-10)9-21-16(2)14(19)12(17)8-13(18)15(16)20/h3-8,14H,1,9H2,2H3. The van der Waals surface area contributed by atoms with Crippen LogP contribution in [0.4, 0.5) is 17.6 Å². The summed E-state index contributed by atoms with van der Waals surface area (Å²) >= 11 is 0. The largest absolute Gasteiger partial charge is 0.360 e. The average molecular weight is 298 g/mol. The van der Waals surface area contributed by atoms with Crippen LogP contribution in [0.5, 0.6) is 0 Å². The molecule has 0 aliphatic heterocycles. The summed E-state index contributed by atoms with van der Waals surface area (Å²) in [5.74, 6) is -4.29. The van der Waals surface area contributed by atoms with Crippen LogP contribution in [0.15, 0.2) is 54.4 Å². The van der Waals surface area contributed by atoms with Gasteiger partial charge in [0.1, 0.15) is 5.83 Å². The lowest BCUT2D eigenvalue weighted by molar-refractivity contribution is -0.0784. The Kier molecular flexibility index (Phi) is 4.32. The van der Waals surface area contributed by atoms with Crippen molar-refractivity contribution in [3.63, 3.8) is 0 Å². The van der Waals surface area contributed by atoms with E-state index in [-0.39, 0.29) is 12.7 Å². The molecule has 0 spiro atoms. The summed E-state index contributed by atoms with van der Waals surface area (Å²) in [7, 11) is 0. The van der Waals surface area contributed by atoms with Gasteiger partial charge in [0.15, 0.2) is 23.4 Å². The highest BCUT2D eigenvalue weighted by atomic mass is 19.2. The SMILES string of the molecule is C=Cc1ccc(COC2(C)C(F)=C(F)C=C(F)C2F)cc1. The zero-order valence-corrected chi connectivity index (χ0v) is 11.4. The van der Waals surface area contributed by atoms with E-state index in [1.165, 1.54) is 0 Å². The molecule has 0 saturated heterocycles. The number of halogens is 4. The topological polar surface area (TPSA) is 9.23 Å². The molecule has 1 aromatic carbocycles. The van der Waals surface area contributed by atoms with Crippen LogP contribution in [0.2, 0.25) is 0 Å². The van der Waals surface area contributed by atoms with Gasteiger partial charge in [0.25, 0.3) is 0 Å². The number of benzene rings is 1. The number of hydrogen-bond donors (Lipinski definition) is 0. The van der Waals surface area contributed by atoms with Crippen molar-refractivity contribution in [2.45, 2.75) is 25.3 Å². The van der Waals surface area contributed by atoms with Crippen LogP contribution >= 0.6 is 0 Å². The first-order chi connectivity index (χ1) is 9.88. The summed E-state index contributed by atoms with van der Waals surface area (Å²) in [5, 5.41) is 0. The van der Waals surface area contributed by atoms with Gasteiger partial charge in [0.2, 0.25) is 0 Å². The first kappa shape index (κ1) is 15.5. The molecule has 5 heteroatoms. The van der Waals surface area contributed by atoms with E-state index in [2.05, 4.69) is 6.58 Å². The fourth-order valence-corrected chi connectivity index (χ4v) is 1.99. The minimum atomic E-state index is -2.38. The summed E-state index contributed by atoms with van der Waals surface area (Å²) in [6.45, 7) is 4.41. The van der Waals surface area contributed by atoms with Crippen molar-refractivity contribution in [3.05, 3.63) is 65.5 Å². The van der Waals surface area contributed by atoms with Gasteiger partial charge in [-0.05, 0) is 18.1 Å². The predicted octanol–water partition coefficient (Wildman–Crippen LogP) is 4.96. The normalized spacial score (nSPS) is 25.8. The molecule has 0 fully saturated rings. The van der Waals surface area contributed by atoms with Crippen molar-refractivity contribution in [3.8, 4) is 0 Å². The maximum atomic E-state index is 13.8. The molecule has 2 unspecified atom stereocenters. The van der Waals surface area contributed by atoms with E-state index < -0.39 is 29.3 Å². The minimum absolute atomic E-state index is 0.178. The predicted molar refractivity (Wildman–Crippen MR) is 73.1 cm³/mol. The third-order valence-electron chi connectivity index (χ3n) is 3.39. The highest BCUT2D eigenvalue weighted by Gasteiger charge is 2.47. The molecule has 0 aromatic heterocycles. The molecule has 1 nitrogen and oxygen atoms in total. The molecule has 112 valence electrons. The summed E-state index contributed by atoms with van der Waals surface area (Å²) in [4.78, 5) is 0. The van der Waals surface area contributed by atoms with Crippen LogP contribution in [-0.4, -0.2) is 11.8 Å². The lowest BCUT2D eigenvalue weighted by atomic mass is 9.92. The lowest BCUT2D eigenvalue weighted by Crippen LogP contribution is -2.42. The van der Waals surface area contributed by atoms with E-state index in [0.29, 0.717) is 5.56 Å². The number of allylic oxidation sites excluding steroid dienone is 2. The molecule has 0 heterocycles. The van der Waals surface area contributed by atoms with Crippen molar-refractivity contribution >= 4 is 6.08 Å². The van der Waals surface area contributed by atoms with E-state index >= 15 is 0 Å². The van der Waals surface area contributed by atoms with E-state index in [0.717, 1.165) is 12.5 Å². The molecular weight excluding hydrogens is 284 g/mol. The Morgan fingerprint density at radius 1 is 1.24 bits per heavy atom. The van der Waals surface area contributed by atoms with Crippen molar-refractivity contribution in [1.29, 1.82) is 0 Å². The Bertz CT molecular complexity index is 603. The first-order valence-electron chi connectivity index (χ1n) is 6.30. The van der Waals surface area contributed by atoms with Crippen molar-refractivity contribution in [1.82, 2.24) is 0 Å². The Morgan fingerprint density at radius 3 is 2.43 bits per heavy atom. The van der Waals surface area contributed by atoms with Crippen molar-refractivity contribution in [2.24, 2.45) is 0 Å². The van der Waals surface area contributed by atoms with Crippen LogP contribution in [0.1, 0.15) is 18.1 Å². The summed E-state index contributed by atoms with van der Waals surface area (Å²) in [5.41, 5.74) is -0.811. The molecule has 21 heavy (non-hydrogen) atoms. The second-order valence-electron chi connectivity index (χ2n) is 4.90. The van der Waals surface area contributed by atoms with Gasteiger partial charge in [-0.1, -0.05) is 36.9 Å². The maximum absolute atomic E-state index is 13.8. The fraction of sp³-hybridized carbons (Fsp3) is 0.250. The minimum Gasteiger partial charge on any atom is -0.360 e. The molecule has 0 amide bonds. The molecule has 0 N–H and O–H groups in total. The maximum Gasteiger partial charge on any atom is 0.186 e. The number of ether oxygens (including phenoxy) is 1. The highest BCUT2D eigenvalue weighted by Crippen LogP contribution is 2.40. The quantitative estimate of drug-likeness (QED) is 0.714. The molecular formula is C16H14F4O. The van der Waals surface area contributed by atoms with Crippen LogP contribution in [0.25, 0.3) is 6.08 Å². The molecule has 1 aromatic rings. The molecule has 2 rings (SSSR count). The average Bonchev–Trinajstić information content (AvgIpc) is 2.50. The van der Waals surface area contributed by atoms with Gasteiger partial charge >= 0.3 is 0 Å². The van der Waals surface area contributed by atoms with Crippen molar-refractivity contribution in [2.75, 3.05) is 0 Å². The smallest absolute Gasteiger partial charge is 0.186 e. The molecule has 2 atom stereocenters. The van der Waals surface area contributed by atoms with Gasteiger partial charge in [-0.3, -0.25) is 0 Å². The molecule has 1 aliphatic rings. The third-order valence-corrected chi connectivity index (χ3v) is 3.39. The zero-order valence-electron chi connectivity index (χ0n) is 11.4. The van der Waals surface area contributed by atoms with Crippen LogP contribution in [0.3, 0.4) is 0 Å². The highest BCUT2D eigenvalue weighted by molar-refractivity contribution is 5.47. The second kappa shape index (κ2) is 5.85. The zero-order chi connectivity index (χ0) is 15.6. The summed E-state index contributed by atoms with van der Waals surface area (Å²) in [6, 6.07) is 6.85. The number of rotatable bonds is 4. The lowest BCUT2D eigenvalue weighted by Gasteiger charge is -2.33. The Hall–Kier alpha value is -1.88. The second-order valence-corrected chi connectivity index (χ2v) is 4.90. The van der Waals surface area contributed by atoms with Crippen LogP contribution < -0.4 is 0 Å². The van der Waals surface area contributed by atoms with E-state index in [4.69, 9.17) is 4.74 Å². The monoisotopic (exact) mass is 298 g/mol. The molecule has 1 aliphatic carbocycles. The Labute approximate surface area is 120 Å². The van der Waals surface area contributed by atoms with Gasteiger partial charge in [0.05, 0.1) is 6.61 Å². The van der Waals surface area contributed by atoms with Crippen molar-refractivity contribution < 1.29 is 22.3 Å². The van der Waals surface area contributed by atoms with E-state index in [1.54, 1.807) is 30.3 Å². The third kappa shape index (κ3) is 2.93. The van der Waals surface area contributed by atoms with Crippen LogP contribution in [0, 0.1) is 0 Å². The van der Waals surface area contributed by atoms with Gasteiger partial charge < -0.3 is 4.74 Å². The van der Waals surface area contributed by atoms with E-state index in [9.17, 15) is 17.6 Å². The first-order valence-corrected chi connectivity index (χ1v) is 6.30.